The Morgan fingerprint density at radius 2 is 1.75 bits per heavy atom. The number of anilines is 1. The van der Waals surface area contributed by atoms with E-state index in [4.69, 9.17) is 0 Å². The highest BCUT2D eigenvalue weighted by atomic mass is 32.2. The van der Waals surface area contributed by atoms with E-state index in [1.165, 1.54) is 19.2 Å². The molecule has 0 aliphatic carbocycles. The minimum Gasteiger partial charge on any atom is -0.309 e. The zero-order valence-corrected chi connectivity index (χ0v) is 19.6. The Kier molecular flexibility index (Phi) is 6.52. The molecule has 1 aromatic heterocycles. The van der Waals surface area contributed by atoms with Gasteiger partial charge in [-0.05, 0) is 42.8 Å². The maximum Gasteiger partial charge on any atom is 0.243 e. The highest BCUT2D eigenvalue weighted by molar-refractivity contribution is 7.89. The number of carbonyl (C=O) groups is 1. The predicted molar refractivity (Wildman–Crippen MR) is 122 cm³/mol. The van der Waals surface area contributed by atoms with Crippen LogP contribution in [0, 0.1) is 12.7 Å². The zero-order valence-electron chi connectivity index (χ0n) is 18.8. The largest absolute Gasteiger partial charge is 0.309 e. The molecule has 0 bridgehead atoms. The molecule has 7 nitrogen and oxygen atoms in total. The van der Waals surface area contributed by atoms with Crippen LogP contribution in [0.4, 0.5) is 10.2 Å². The summed E-state index contributed by atoms with van der Waals surface area (Å²) in [5.41, 5.74) is 2.31. The average molecular weight is 459 g/mol. The number of para-hydroxylation sites is 1. The normalized spacial score (nSPS) is 12.2. The highest BCUT2D eigenvalue weighted by Crippen LogP contribution is 2.27. The minimum atomic E-state index is -3.95. The van der Waals surface area contributed by atoms with Gasteiger partial charge in [-0.25, -0.2) is 17.5 Å². The van der Waals surface area contributed by atoms with Gasteiger partial charge in [-0.15, -0.1) is 0 Å². The number of sulfonamides is 1. The zero-order chi connectivity index (χ0) is 23.7. The first-order chi connectivity index (χ1) is 14.9. The molecule has 170 valence electrons. The number of nitrogens with one attached hydrogen (secondary N) is 1. The van der Waals surface area contributed by atoms with Crippen molar-refractivity contribution in [2.75, 3.05) is 18.9 Å². The third-order valence-electron chi connectivity index (χ3n) is 4.98. The molecule has 3 rings (SSSR count). The smallest absolute Gasteiger partial charge is 0.243 e. The van der Waals surface area contributed by atoms with Gasteiger partial charge in [0.05, 0.1) is 22.8 Å². The molecular formula is C23H27FN4O3S. The summed E-state index contributed by atoms with van der Waals surface area (Å²) in [6.45, 7) is 7.59. The topological polar surface area (TPSA) is 84.3 Å². The number of aromatic nitrogens is 2. The van der Waals surface area contributed by atoms with Crippen molar-refractivity contribution in [2.45, 2.75) is 38.0 Å². The molecular weight excluding hydrogens is 431 g/mol. The first kappa shape index (κ1) is 23.6. The lowest BCUT2D eigenvalue weighted by molar-refractivity contribution is -0.116. The Balaban J connectivity index is 1.86. The number of halogens is 1. The van der Waals surface area contributed by atoms with E-state index in [9.17, 15) is 17.6 Å². The van der Waals surface area contributed by atoms with Crippen molar-refractivity contribution in [3.63, 3.8) is 0 Å². The van der Waals surface area contributed by atoms with Gasteiger partial charge in [0.1, 0.15) is 11.6 Å². The summed E-state index contributed by atoms with van der Waals surface area (Å²) in [5.74, 6) is -0.612. The standard InChI is InChI=1S/C23H27FN4O3S/c1-16-8-6-7-9-19(16)28-21(14-20(26-28)23(2,3)4)25-22(29)15-27(5)32(30,31)18-12-10-17(24)11-13-18/h6-14H,15H2,1-5H3,(H,25,29). The van der Waals surface area contributed by atoms with Crippen molar-refractivity contribution < 1.29 is 17.6 Å². The van der Waals surface area contributed by atoms with Crippen LogP contribution < -0.4 is 5.32 Å². The molecule has 3 aromatic rings. The van der Waals surface area contributed by atoms with Gasteiger partial charge >= 0.3 is 0 Å². The van der Waals surface area contributed by atoms with E-state index in [-0.39, 0.29) is 10.3 Å². The Labute approximate surface area is 187 Å². The van der Waals surface area contributed by atoms with E-state index in [2.05, 4.69) is 10.4 Å². The first-order valence-corrected chi connectivity index (χ1v) is 11.5. The van der Waals surface area contributed by atoms with Crippen molar-refractivity contribution in [2.24, 2.45) is 0 Å². The summed E-state index contributed by atoms with van der Waals surface area (Å²) in [4.78, 5) is 12.7. The predicted octanol–water partition coefficient (Wildman–Crippen LogP) is 3.88. The summed E-state index contributed by atoms with van der Waals surface area (Å²) >= 11 is 0. The molecule has 32 heavy (non-hydrogen) atoms. The Morgan fingerprint density at radius 3 is 2.34 bits per heavy atom. The lowest BCUT2D eigenvalue weighted by atomic mass is 9.92. The second-order valence-electron chi connectivity index (χ2n) is 8.63. The van der Waals surface area contributed by atoms with E-state index >= 15 is 0 Å². The van der Waals surface area contributed by atoms with Gasteiger partial charge in [0.15, 0.2) is 0 Å². The van der Waals surface area contributed by atoms with Crippen LogP contribution in [0.15, 0.2) is 59.5 Å². The summed E-state index contributed by atoms with van der Waals surface area (Å²) in [7, 11) is -2.64. The monoisotopic (exact) mass is 458 g/mol. The van der Waals surface area contributed by atoms with E-state index in [0.717, 1.165) is 33.4 Å². The lowest BCUT2D eigenvalue weighted by Gasteiger charge is -2.17. The Bertz CT molecular complexity index is 1230. The van der Waals surface area contributed by atoms with Crippen LogP contribution in [0.2, 0.25) is 0 Å². The highest BCUT2D eigenvalue weighted by Gasteiger charge is 2.25. The summed E-state index contributed by atoms with van der Waals surface area (Å²) in [6, 6.07) is 13.9. The number of carbonyl (C=O) groups excluding carboxylic acids is 1. The van der Waals surface area contributed by atoms with Gasteiger partial charge in [0, 0.05) is 18.5 Å². The van der Waals surface area contributed by atoms with Crippen LogP contribution in [0.5, 0.6) is 0 Å². The molecule has 1 N–H and O–H groups in total. The SMILES string of the molecule is Cc1ccccc1-n1nc(C(C)(C)C)cc1NC(=O)CN(C)S(=O)(=O)c1ccc(F)cc1. The number of benzene rings is 2. The number of nitrogens with zero attached hydrogens (tertiary/aromatic N) is 3. The van der Waals surface area contributed by atoms with Crippen LogP contribution in [0.25, 0.3) is 5.69 Å². The number of rotatable bonds is 6. The maximum atomic E-state index is 13.1. The number of hydrogen-bond donors (Lipinski definition) is 1. The quantitative estimate of drug-likeness (QED) is 0.608. The number of amides is 1. The minimum absolute atomic E-state index is 0.0887. The third-order valence-corrected chi connectivity index (χ3v) is 6.79. The van der Waals surface area contributed by atoms with Gasteiger partial charge in [-0.1, -0.05) is 39.0 Å². The van der Waals surface area contributed by atoms with Gasteiger partial charge in [0.2, 0.25) is 15.9 Å². The first-order valence-electron chi connectivity index (χ1n) is 10.1. The molecule has 0 aliphatic heterocycles. The Morgan fingerprint density at radius 1 is 1.12 bits per heavy atom. The fraction of sp³-hybridized carbons (Fsp3) is 0.304. The van der Waals surface area contributed by atoms with Crippen LogP contribution in [0.3, 0.4) is 0 Å². The van der Waals surface area contributed by atoms with Gasteiger partial charge in [-0.2, -0.15) is 9.40 Å². The molecule has 0 unspecified atom stereocenters. The molecule has 1 amide bonds. The van der Waals surface area contributed by atoms with E-state index in [1.807, 2.05) is 52.0 Å². The number of likely N-dealkylation sites (N-methyl/N-ethyl adjacent to an activating group) is 1. The van der Waals surface area contributed by atoms with E-state index in [0.29, 0.717) is 5.82 Å². The average Bonchev–Trinajstić information content (AvgIpc) is 3.12. The molecule has 0 radical (unpaired) electrons. The molecule has 0 atom stereocenters. The van der Waals surface area contributed by atoms with Crippen molar-refractivity contribution in [3.05, 3.63) is 71.7 Å². The van der Waals surface area contributed by atoms with Gasteiger partial charge in [-0.3, -0.25) is 4.79 Å². The second-order valence-corrected chi connectivity index (χ2v) is 10.7. The number of hydrogen-bond acceptors (Lipinski definition) is 4. The Hall–Kier alpha value is -3.04. The van der Waals surface area contributed by atoms with Crippen LogP contribution in [0.1, 0.15) is 32.0 Å². The second kappa shape index (κ2) is 8.84. The van der Waals surface area contributed by atoms with Gasteiger partial charge < -0.3 is 5.32 Å². The van der Waals surface area contributed by atoms with E-state index in [1.54, 1.807) is 10.7 Å². The third kappa shape index (κ3) is 5.05. The van der Waals surface area contributed by atoms with Crippen LogP contribution >= 0.6 is 0 Å². The fourth-order valence-electron chi connectivity index (χ4n) is 3.08. The molecule has 0 fully saturated rings. The van der Waals surface area contributed by atoms with Crippen molar-refractivity contribution in [1.82, 2.24) is 14.1 Å². The molecule has 1 heterocycles. The van der Waals surface area contributed by atoms with Gasteiger partial charge in [0.25, 0.3) is 0 Å². The molecule has 0 spiro atoms. The molecule has 0 saturated carbocycles. The summed E-state index contributed by atoms with van der Waals surface area (Å²) in [5, 5.41) is 7.47. The fourth-order valence-corrected chi connectivity index (χ4v) is 4.20. The van der Waals surface area contributed by atoms with Crippen LogP contribution in [-0.4, -0.2) is 42.0 Å². The maximum absolute atomic E-state index is 13.1. The van der Waals surface area contributed by atoms with Crippen molar-refractivity contribution in [3.8, 4) is 5.69 Å². The molecule has 2 aromatic carbocycles. The van der Waals surface area contributed by atoms with Crippen molar-refractivity contribution >= 4 is 21.7 Å². The lowest BCUT2D eigenvalue weighted by Crippen LogP contribution is -2.35. The molecule has 9 heteroatoms. The van der Waals surface area contributed by atoms with Crippen LogP contribution in [-0.2, 0) is 20.2 Å². The number of aryl methyl sites for hydroxylation is 1. The summed E-state index contributed by atoms with van der Waals surface area (Å²) in [6.07, 6.45) is 0. The van der Waals surface area contributed by atoms with E-state index < -0.39 is 28.3 Å². The molecule has 0 saturated heterocycles. The van der Waals surface area contributed by atoms with Crippen molar-refractivity contribution in [1.29, 1.82) is 0 Å². The summed E-state index contributed by atoms with van der Waals surface area (Å²) < 4.78 is 41.1. The molecule has 0 aliphatic rings.